The molecule has 4 N–H and O–H groups in total. The monoisotopic (exact) mass is 443 g/mol. The molecule has 1 atom stereocenters. The van der Waals surface area contributed by atoms with E-state index in [0.29, 0.717) is 31.7 Å². The number of halogens is 1. The molecule has 8 nitrogen and oxygen atoms in total. The summed E-state index contributed by atoms with van der Waals surface area (Å²) in [6, 6.07) is 6.16. The van der Waals surface area contributed by atoms with Gasteiger partial charge in [-0.3, -0.25) is 9.59 Å². The van der Waals surface area contributed by atoms with Crippen LogP contribution < -0.4 is 16.4 Å². The molecular weight excluding hydrogens is 410 g/mol. The number of rotatable bonds is 10. The molecule has 0 heterocycles. The van der Waals surface area contributed by atoms with E-state index in [0.717, 1.165) is 12.0 Å². The molecule has 1 aromatic carbocycles. The minimum Gasteiger partial charge on any atom is -0.466 e. The van der Waals surface area contributed by atoms with Crippen LogP contribution in [0, 0.1) is 0 Å². The Hall–Kier alpha value is -2.32. The molecule has 0 aliphatic carbocycles. The number of carbonyl (C=O) groups excluding carboxylic acids is 3. The van der Waals surface area contributed by atoms with Gasteiger partial charge in [-0.1, -0.05) is 12.1 Å². The van der Waals surface area contributed by atoms with Crippen molar-refractivity contribution in [1.82, 2.24) is 5.32 Å². The predicted molar refractivity (Wildman–Crippen MR) is 119 cm³/mol. The zero-order chi connectivity index (χ0) is 21.9. The average molecular weight is 444 g/mol. The molecule has 0 saturated carbocycles. The molecule has 0 aromatic heterocycles. The van der Waals surface area contributed by atoms with Crippen LogP contribution in [0.4, 0.5) is 10.5 Å². The van der Waals surface area contributed by atoms with Crippen LogP contribution >= 0.6 is 12.4 Å². The van der Waals surface area contributed by atoms with Crippen molar-refractivity contribution in [2.24, 2.45) is 5.73 Å². The fourth-order valence-electron chi connectivity index (χ4n) is 2.53. The van der Waals surface area contributed by atoms with Crippen LogP contribution in [-0.2, 0) is 25.5 Å². The Labute approximate surface area is 184 Å². The maximum absolute atomic E-state index is 12.7. The number of hydrogen-bond donors (Lipinski definition) is 3. The lowest BCUT2D eigenvalue weighted by Crippen LogP contribution is -2.45. The number of alkyl carbamates (subject to hydrolysis) is 1. The lowest BCUT2D eigenvalue weighted by molar-refractivity contribution is -0.142. The van der Waals surface area contributed by atoms with Crippen molar-refractivity contribution in [3.05, 3.63) is 29.8 Å². The van der Waals surface area contributed by atoms with Gasteiger partial charge in [0.15, 0.2) is 0 Å². The molecule has 0 saturated heterocycles. The molecule has 9 heteroatoms. The lowest BCUT2D eigenvalue weighted by Gasteiger charge is -2.23. The smallest absolute Gasteiger partial charge is 0.408 e. The van der Waals surface area contributed by atoms with Gasteiger partial charge in [0.2, 0.25) is 5.91 Å². The number of benzene rings is 1. The van der Waals surface area contributed by atoms with E-state index >= 15 is 0 Å². The molecule has 0 unspecified atom stereocenters. The molecule has 0 aliphatic rings. The van der Waals surface area contributed by atoms with Crippen LogP contribution in [0.15, 0.2) is 24.3 Å². The van der Waals surface area contributed by atoms with Gasteiger partial charge in [-0.05, 0) is 71.2 Å². The van der Waals surface area contributed by atoms with Gasteiger partial charge in [-0.2, -0.15) is 0 Å². The summed E-state index contributed by atoms with van der Waals surface area (Å²) in [5, 5.41) is 5.41. The van der Waals surface area contributed by atoms with Crippen LogP contribution in [0.5, 0.6) is 0 Å². The molecule has 0 bridgehead atoms. The van der Waals surface area contributed by atoms with E-state index in [1.807, 2.05) is 0 Å². The number of nitrogens with one attached hydrogen (secondary N) is 2. The van der Waals surface area contributed by atoms with Crippen molar-refractivity contribution in [1.29, 1.82) is 0 Å². The van der Waals surface area contributed by atoms with Crippen LogP contribution in [0.2, 0.25) is 0 Å². The number of hydrogen-bond acceptors (Lipinski definition) is 6. The Morgan fingerprint density at radius 2 is 1.73 bits per heavy atom. The summed E-state index contributed by atoms with van der Waals surface area (Å²) < 4.78 is 10.2. The molecule has 0 aliphatic heterocycles. The van der Waals surface area contributed by atoms with E-state index < -0.39 is 17.7 Å². The van der Waals surface area contributed by atoms with E-state index in [2.05, 4.69) is 10.6 Å². The average Bonchev–Trinajstić information content (AvgIpc) is 2.61. The zero-order valence-corrected chi connectivity index (χ0v) is 19.0. The number of amides is 2. The molecule has 0 fully saturated rings. The van der Waals surface area contributed by atoms with E-state index in [9.17, 15) is 14.4 Å². The maximum Gasteiger partial charge on any atom is 0.408 e. The highest BCUT2D eigenvalue weighted by molar-refractivity contribution is 5.96. The fraction of sp³-hybridized carbons (Fsp3) is 0.571. The molecule has 1 rings (SSSR count). The first-order chi connectivity index (χ1) is 13.6. The molecular formula is C21H34ClN3O5. The van der Waals surface area contributed by atoms with Crippen LogP contribution in [0.3, 0.4) is 0 Å². The van der Waals surface area contributed by atoms with E-state index in [-0.39, 0.29) is 30.7 Å². The summed E-state index contributed by atoms with van der Waals surface area (Å²) in [7, 11) is 0. The summed E-state index contributed by atoms with van der Waals surface area (Å²) in [5.41, 5.74) is 6.22. The Balaban J connectivity index is 0.00000841. The van der Waals surface area contributed by atoms with Gasteiger partial charge < -0.3 is 25.8 Å². The van der Waals surface area contributed by atoms with Crippen LogP contribution in [0.25, 0.3) is 0 Å². The highest BCUT2D eigenvalue weighted by Gasteiger charge is 2.24. The lowest BCUT2D eigenvalue weighted by atomic mass is 10.1. The van der Waals surface area contributed by atoms with Crippen molar-refractivity contribution >= 4 is 36.1 Å². The third kappa shape index (κ3) is 11.6. The third-order valence-corrected chi connectivity index (χ3v) is 3.83. The van der Waals surface area contributed by atoms with Gasteiger partial charge in [-0.15, -0.1) is 12.4 Å². The topological polar surface area (TPSA) is 120 Å². The molecule has 30 heavy (non-hydrogen) atoms. The molecule has 170 valence electrons. The van der Waals surface area contributed by atoms with E-state index in [1.54, 1.807) is 52.0 Å². The summed E-state index contributed by atoms with van der Waals surface area (Å²) in [5.74, 6) is -0.642. The summed E-state index contributed by atoms with van der Waals surface area (Å²) in [6.07, 6.45) is 1.42. The number of unbranched alkanes of at least 4 members (excludes halogenated alkanes) is 1. The third-order valence-electron chi connectivity index (χ3n) is 3.83. The number of nitrogens with two attached hydrogens (primary N) is 1. The van der Waals surface area contributed by atoms with Gasteiger partial charge >= 0.3 is 12.1 Å². The predicted octanol–water partition coefficient (Wildman–Crippen LogP) is 3.17. The minimum atomic E-state index is -0.740. The van der Waals surface area contributed by atoms with Gasteiger partial charge in [0.1, 0.15) is 11.6 Å². The second kappa shape index (κ2) is 13.8. The number of carbonyl (C=O) groups is 3. The largest absolute Gasteiger partial charge is 0.466 e. The van der Waals surface area contributed by atoms with Gasteiger partial charge in [-0.25, -0.2) is 4.79 Å². The second-order valence-electron chi connectivity index (χ2n) is 7.65. The van der Waals surface area contributed by atoms with Gasteiger partial charge in [0, 0.05) is 5.69 Å². The van der Waals surface area contributed by atoms with Crippen molar-refractivity contribution in [3.8, 4) is 0 Å². The second-order valence-corrected chi connectivity index (χ2v) is 7.65. The number of esters is 1. The Kier molecular flexibility index (Phi) is 12.8. The SMILES string of the molecule is CCOC(=O)Cc1ccc(NC(=O)[C@H](CCCCN)NC(=O)OC(C)(C)C)cc1.Cl. The summed E-state index contributed by atoms with van der Waals surface area (Å²) in [4.78, 5) is 36.3. The first-order valence-electron chi connectivity index (χ1n) is 9.89. The summed E-state index contributed by atoms with van der Waals surface area (Å²) >= 11 is 0. The van der Waals surface area contributed by atoms with Gasteiger partial charge in [0.25, 0.3) is 0 Å². The molecule has 0 radical (unpaired) electrons. The van der Waals surface area contributed by atoms with Crippen LogP contribution in [-0.4, -0.2) is 42.8 Å². The molecule has 0 spiro atoms. The van der Waals surface area contributed by atoms with E-state index in [4.69, 9.17) is 15.2 Å². The van der Waals surface area contributed by atoms with Gasteiger partial charge in [0.05, 0.1) is 13.0 Å². The Morgan fingerprint density at radius 3 is 2.27 bits per heavy atom. The first kappa shape index (κ1) is 27.7. The highest BCUT2D eigenvalue weighted by Crippen LogP contribution is 2.13. The Bertz CT molecular complexity index is 674. The van der Waals surface area contributed by atoms with Crippen molar-refractivity contribution in [2.75, 3.05) is 18.5 Å². The normalized spacial score (nSPS) is 11.6. The van der Waals surface area contributed by atoms with Crippen LogP contribution in [0.1, 0.15) is 52.5 Å². The van der Waals surface area contributed by atoms with Crippen molar-refractivity contribution in [3.63, 3.8) is 0 Å². The molecule has 1 aromatic rings. The zero-order valence-electron chi connectivity index (χ0n) is 18.2. The standard InChI is InChI=1S/C21H33N3O5.ClH/c1-5-28-18(25)14-15-9-11-16(12-10-15)23-19(26)17(8-6-7-13-22)24-20(27)29-21(2,3)4;/h9-12,17H,5-8,13-14,22H2,1-4H3,(H,23,26)(H,24,27);1H/t17-;/m0./s1. The fourth-order valence-corrected chi connectivity index (χ4v) is 2.53. The van der Waals surface area contributed by atoms with Crippen molar-refractivity contribution < 1.29 is 23.9 Å². The summed E-state index contributed by atoms with van der Waals surface area (Å²) in [6.45, 7) is 7.88. The minimum absolute atomic E-state index is 0. The Morgan fingerprint density at radius 1 is 1.10 bits per heavy atom. The quantitative estimate of drug-likeness (QED) is 0.377. The maximum atomic E-state index is 12.7. The number of anilines is 1. The van der Waals surface area contributed by atoms with E-state index in [1.165, 1.54) is 0 Å². The van der Waals surface area contributed by atoms with Crippen molar-refractivity contribution in [2.45, 2.75) is 65.0 Å². The first-order valence-corrected chi connectivity index (χ1v) is 9.89. The highest BCUT2D eigenvalue weighted by atomic mass is 35.5. The number of ether oxygens (including phenoxy) is 2. The molecule has 2 amide bonds.